The van der Waals surface area contributed by atoms with Crippen LogP contribution in [0.25, 0.3) is 0 Å². The van der Waals surface area contributed by atoms with Gasteiger partial charge in [-0.25, -0.2) is 4.79 Å². The highest BCUT2D eigenvalue weighted by Crippen LogP contribution is 2.27. The van der Waals surface area contributed by atoms with Gasteiger partial charge in [-0.05, 0) is 20.3 Å². The van der Waals surface area contributed by atoms with Gasteiger partial charge in [-0.2, -0.15) is 11.8 Å². The third-order valence-corrected chi connectivity index (χ3v) is 3.90. The smallest absolute Gasteiger partial charge is 0.334 e. The topological polar surface area (TPSA) is 35.5 Å². The van der Waals surface area contributed by atoms with Gasteiger partial charge in [0, 0.05) is 23.2 Å². The van der Waals surface area contributed by atoms with E-state index in [9.17, 15) is 4.79 Å². The Bertz CT molecular complexity index is 240. The Kier molecular flexibility index (Phi) is 5.19. The minimum Gasteiger partial charge on any atom is -0.463 e. The first-order valence-electron chi connectivity index (χ1n) is 5.23. The molecule has 0 aliphatic carbocycles. The summed E-state index contributed by atoms with van der Waals surface area (Å²) in [6, 6.07) is 0. The molecule has 0 aromatic heterocycles. The minimum atomic E-state index is -0.281. The number of rotatable bonds is 5. The van der Waals surface area contributed by atoms with Crippen molar-refractivity contribution >= 4 is 17.7 Å². The van der Waals surface area contributed by atoms with E-state index in [4.69, 9.17) is 9.47 Å². The van der Waals surface area contributed by atoms with Gasteiger partial charge in [0.2, 0.25) is 0 Å². The van der Waals surface area contributed by atoms with Crippen LogP contribution in [-0.4, -0.2) is 36.3 Å². The first-order valence-corrected chi connectivity index (χ1v) is 6.28. The lowest BCUT2D eigenvalue weighted by atomic mass is 10.3. The van der Waals surface area contributed by atoms with E-state index in [1.54, 1.807) is 18.7 Å². The molecule has 3 nitrogen and oxygen atoms in total. The molecule has 1 aliphatic heterocycles. The summed E-state index contributed by atoms with van der Waals surface area (Å²) in [7, 11) is 0. The lowest BCUT2D eigenvalue weighted by Gasteiger charge is -2.13. The van der Waals surface area contributed by atoms with Crippen molar-refractivity contribution in [2.45, 2.75) is 31.6 Å². The summed E-state index contributed by atoms with van der Waals surface area (Å²) in [6.45, 7) is 8.82. The second-order valence-electron chi connectivity index (χ2n) is 3.54. The Balaban J connectivity index is 2.24. The van der Waals surface area contributed by atoms with Crippen molar-refractivity contribution in [1.82, 2.24) is 0 Å². The molecule has 86 valence electrons. The van der Waals surface area contributed by atoms with E-state index in [2.05, 4.69) is 13.5 Å². The van der Waals surface area contributed by atoms with E-state index in [-0.39, 0.29) is 12.1 Å². The molecule has 1 rings (SSSR count). The molecule has 0 N–H and O–H groups in total. The number of thioether (sulfide) groups is 1. The van der Waals surface area contributed by atoms with Gasteiger partial charge in [-0.3, -0.25) is 0 Å². The lowest BCUT2D eigenvalue weighted by molar-refractivity contribution is -0.138. The number of carbonyl (C=O) groups excluding carboxylic acids is 1. The van der Waals surface area contributed by atoms with Crippen LogP contribution in [0.4, 0.5) is 0 Å². The molecule has 2 atom stereocenters. The number of esters is 1. The monoisotopic (exact) mass is 230 g/mol. The Morgan fingerprint density at radius 1 is 1.67 bits per heavy atom. The Morgan fingerprint density at radius 2 is 2.40 bits per heavy atom. The van der Waals surface area contributed by atoms with Crippen molar-refractivity contribution in [2.75, 3.05) is 19.0 Å². The zero-order valence-corrected chi connectivity index (χ0v) is 10.1. The first-order chi connectivity index (χ1) is 7.15. The molecule has 0 bridgehead atoms. The summed E-state index contributed by atoms with van der Waals surface area (Å²) in [5.74, 6) is 0.355. The molecule has 0 saturated carbocycles. The molecular weight excluding hydrogens is 212 g/mol. The van der Waals surface area contributed by atoms with Crippen LogP contribution in [-0.2, 0) is 14.3 Å². The van der Waals surface area contributed by atoms with E-state index < -0.39 is 0 Å². The molecule has 4 heteroatoms. The summed E-state index contributed by atoms with van der Waals surface area (Å²) in [6.07, 6.45) is 1.34. The molecule has 1 heterocycles. The van der Waals surface area contributed by atoms with Crippen LogP contribution in [0.3, 0.4) is 0 Å². The Hall–Kier alpha value is -0.480. The molecule has 1 fully saturated rings. The van der Waals surface area contributed by atoms with Crippen molar-refractivity contribution in [2.24, 2.45) is 0 Å². The predicted octanol–water partition coefficient (Wildman–Crippen LogP) is 2.02. The SMILES string of the molecule is C=C(CSC1CCOC1C)C(=O)OCC. The van der Waals surface area contributed by atoms with Crippen LogP contribution in [0.1, 0.15) is 20.3 Å². The van der Waals surface area contributed by atoms with Gasteiger partial charge in [-0.15, -0.1) is 0 Å². The molecule has 0 spiro atoms. The van der Waals surface area contributed by atoms with Crippen molar-refractivity contribution in [3.05, 3.63) is 12.2 Å². The molecular formula is C11H18O3S. The van der Waals surface area contributed by atoms with E-state index in [1.165, 1.54) is 0 Å². The summed E-state index contributed by atoms with van der Waals surface area (Å²) in [5.41, 5.74) is 0.543. The molecule has 0 radical (unpaired) electrons. The molecule has 15 heavy (non-hydrogen) atoms. The third kappa shape index (κ3) is 3.87. The van der Waals surface area contributed by atoms with Crippen molar-refractivity contribution in [1.29, 1.82) is 0 Å². The zero-order valence-electron chi connectivity index (χ0n) is 9.32. The zero-order chi connectivity index (χ0) is 11.3. The number of ether oxygens (including phenoxy) is 2. The highest BCUT2D eigenvalue weighted by atomic mass is 32.2. The molecule has 1 saturated heterocycles. The first kappa shape index (κ1) is 12.6. The summed E-state index contributed by atoms with van der Waals surface area (Å²) < 4.78 is 10.3. The van der Waals surface area contributed by atoms with Crippen LogP contribution < -0.4 is 0 Å². The van der Waals surface area contributed by atoms with Crippen LogP contribution in [0.2, 0.25) is 0 Å². The summed E-state index contributed by atoms with van der Waals surface area (Å²) in [4.78, 5) is 11.3. The highest BCUT2D eigenvalue weighted by molar-refractivity contribution is 8.00. The van der Waals surface area contributed by atoms with Crippen molar-refractivity contribution in [3.63, 3.8) is 0 Å². The van der Waals surface area contributed by atoms with Crippen LogP contribution in [0.15, 0.2) is 12.2 Å². The molecule has 0 aromatic carbocycles. The predicted molar refractivity (Wildman–Crippen MR) is 62.1 cm³/mol. The van der Waals surface area contributed by atoms with Gasteiger partial charge < -0.3 is 9.47 Å². The number of carbonyl (C=O) groups is 1. The van der Waals surface area contributed by atoms with E-state index in [0.29, 0.717) is 23.2 Å². The Morgan fingerprint density at radius 3 is 2.93 bits per heavy atom. The highest BCUT2D eigenvalue weighted by Gasteiger charge is 2.25. The van der Waals surface area contributed by atoms with Crippen LogP contribution >= 0.6 is 11.8 Å². The van der Waals surface area contributed by atoms with Gasteiger partial charge >= 0.3 is 5.97 Å². The largest absolute Gasteiger partial charge is 0.463 e. The van der Waals surface area contributed by atoms with Gasteiger partial charge in [-0.1, -0.05) is 6.58 Å². The maximum atomic E-state index is 11.3. The maximum absolute atomic E-state index is 11.3. The van der Waals surface area contributed by atoms with E-state index >= 15 is 0 Å². The quantitative estimate of drug-likeness (QED) is 0.534. The average Bonchev–Trinajstić information content (AvgIpc) is 2.61. The fourth-order valence-electron chi connectivity index (χ4n) is 1.43. The normalized spacial score (nSPS) is 25.2. The van der Waals surface area contributed by atoms with Gasteiger partial charge in [0.25, 0.3) is 0 Å². The summed E-state index contributed by atoms with van der Waals surface area (Å²) >= 11 is 1.73. The van der Waals surface area contributed by atoms with E-state index in [0.717, 1.165) is 13.0 Å². The van der Waals surface area contributed by atoms with Crippen molar-refractivity contribution in [3.8, 4) is 0 Å². The van der Waals surface area contributed by atoms with E-state index in [1.807, 2.05) is 0 Å². The minimum absolute atomic E-state index is 0.281. The second-order valence-corrected chi connectivity index (χ2v) is 4.77. The van der Waals surface area contributed by atoms with Gasteiger partial charge in [0.15, 0.2) is 0 Å². The molecule has 1 aliphatic rings. The second kappa shape index (κ2) is 6.18. The van der Waals surface area contributed by atoms with Gasteiger partial charge in [0.1, 0.15) is 0 Å². The average molecular weight is 230 g/mol. The fraction of sp³-hybridized carbons (Fsp3) is 0.727. The van der Waals surface area contributed by atoms with Crippen molar-refractivity contribution < 1.29 is 14.3 Å². The summed E-state index contributed by atoms with van der Waals surface area (Å²) in [5, 5.41) is 0.483. The lowest BCUT2D eigenvalue weighted by Crippen LogP contribution is -2.16. The molecule has 0 aromatic rings. The third-order valence-electron chi connectivity index (χ3n) is 2.34. The molecule has 0 amide bonds. The standard InChI is InChI=1S/C11H18O3S/c1-4-13-11(12)8(2)7-15-10-5-6-14-9(10)3/h9-10H,2,4-7H2,1,3H3. The maximum Gasteiger partial charge on any atom is 0.334 e. The fourth-order valence-corrected chi connectivity index (χ4v) is 2.58. The van der Waals surface area contributed by atoms with Crippen LogP contribution in [0, 0.1) is 0 Å². The van der Waals surface area contributed by atoms with Gasteiger partial charge in [0.05, 0.1) is 12.7 Å². The Labute approximate surface area is 95.2 Å². The number of hydrogen-bond donors (Lipinski definition) is 0. The van der Waals surface area contributed by atoms with Crippen LogP contribution in [0.5, 0.6) is 0 Å². The number of hydrogen-bond acceptors (Lipinski definition) is 4. The molecule has 2 unspecified atom stereocenters.